The van der Waals surface area contributed by atoms with E-state index in [-0.39, 0.29) is 11.7 Å². The summed E-state index contributed by atoms with van der Waals surface area (Å²) in [5.41, 5.74) is 2.62. The molecular weight excluding hydrogens is 308 g/mol. The second-order valence-corrected chi connectivity index (χ2v) is 7.97. The molecule has 2 atom stereocenters. The van der Waals surface area contributed by atoms with Crippen LogP contribution in [0.15, 0.2) is 54.6 Å². The molecule has 0 aliphatic rings. The molecule has 0 aromatic heterocycles. The maximum Gasteiger partial charge on any atom is 0.226 e. The van der Waals surface area contributed by atoms with Crippen molar-refractivity contribution in [2.24, 2.45) is 11.3 Å². The van der Waals surface area contributed by atoms with E-state index in [9.17, 15) is 0 Å². The summed E-state index contributed by atoms with van der Waals surface area (Å²) in [7, 11) is 0. The number of hydrogen-bond acceptors (Lipinski definition) is 2. The van der Waals surface area contributed by atoms with E-state index in [2.05, 4.69) is 58.9 Å². The SMILES string of the molecule is CCOC(Oc1ccc(C(C(C)C)C(C)(C)C)cc1)c1ccccc1. The summed E-state index contributed by atoms with van der Waals surface area (Å²) < 4.78 is 11.9. The van der Waals surface area contributed by atoms with Gasteiger partial charge < -0.3 is 9.47 Å². The standard InChI is InChI=1S/C23H32O2/c1-7-24-22(19-11-9-8-10-12-19)25-20-15-13-18(14-16-20)21(17(2)3)23(4,5)6/h8-17,21-22H,7H2,1-6H3. The van der Waals surface area contributed by atoms with Crippen LogP contribution in [-0.4, -0.2) is 6.61 Å². The van der Waals surface area contributed by atoms with E-state index in [0.717, 1.165) is 11.3 Å². The van der Waals surface area contributed by atoms with Gasteiger partial charge in [0.05, 0.1) is 0 Å². The molecule has 2 nitrogen and oxygen atoms in total. The molecule has 0 radical (unpaired) electrons. The lowest BCUT2D eigenvalue weighted by Gasteiger charge is -2.34. The Kier molecular flexibility index (Phi) is 6.66. The number of ether oxygens (including phenoxy) is 2. The van der Waals surface area contributed by atoms with Gasteiger partial charge in [-0.25, -0.2) is 0 Å². The van der Waals surface area contributed by atoms with Gasteiger partial charge in [0.15, 0.2) is 0 Å². The summed E-state index contributed by atoms with van der Waals surface area (Å²) in [6.45, 7) is 14.1. The lowest BCUT2D eigenvalue weighted by atomic mass is 9.70. The minimum absolute atomic E-state index is 0.231. The smallest absolute Gasteiger partial charge is 0.226 e. The number of hydrogen-bond donors (Lipinski definition) is 0. The average Bonchev–Trinajstić information content (AvgIpc) is 2.55. The van der Waals surface area contributed by atoms with E-state index in [4.69, 9.17) is 9.47 Å². The van der Waals surface area contributed by atoms with Crippen LogP contribution in [0.5, 0.6) is 5.75 Å². The Balaban J connectivity index is 2.18. The molecule has 2 aromatic carbocycles. The minimum Gasteiger partial charge on any atom is -0.461 e. The summed E-state index contributed by atoms with van der Waals surface area (Å²) in [5.74, 6) is 1.94. The largest absolute Gasteiger partial charge is 0.461 e. The fraction of sp³-hybridized carbons (Fsp3) is 0.478. The van der Waals surface area contributed by atoms with Crippen molar-refractivity contribution < 1.29 is 9.47 Å². The molecule has 0 saturated carbocycles. The molecule has 0 bridgehead atoms. The second-order valence-electron chi connectivity index (χ2n) is 7.97. The molecule has 2 heteroatoms. The molecule has 0 amide bonds. The van der Waals surface area contributed by atoms with E-state index < -0.39 is 0 Å². The average molecular weight is 341 g/mol. The highest BCUT2D eigenvalue weighted by atomic mass is 16.7. The van der Waals surface area contributed by atoms with Crippen molar-refractivity contribution >= 4 is 0 Å². The molecule has 0 fully saturated rings. The van der Waals surface area contributed by atoms with E-state index >= 15 is 0 Å². The molecule has 2 rings (SSSR count). The Hall–Kier alpha value is -1.80. The molecule has 0 spiro atoms. The number of benzene rings is 2. The fourth-order valence-electron chi connectivity index (χ4n) is 3.72. The topological polar surface area (TPSA) is 18.5 Å². The fourth-order valence-corrected chi connectivity index (χ4v) is 3.72. The quantitative estimate of drug-likeness (QED) is 0.530. The normalized spacial score (nSPS) is 14.4. The summed E-state index contributed by atoms with van der Waals surface area (Å²) in [6, 6.07) is 18.6. The Bertz CT molecular complexity index is 623. The second kappa shape index (κ2) is 8.53. The van der Waals surface area contributed by atoms with Gasteiger partial charge in [0, 0.05) is 12.2 Å². The first-order chi connectivity index (χ1) is 11.8. The summed E-state index contributed by atoms with van der Waals surface area (Å²) in [6.07, 6.45) is -0.374. The molecule has 0 saturated heterocycles. The van der Waals surface area contributed by atoms with Crippen LogP contribution in [0.25, 0.3) is 0 Å². The maximum absolute atomic E-state index is 6.10. The zero-order chi connectivity index (χ0) is 18.4. The first-order valence-corrected chi connectivity index (χ1v) is 9.26. The zero-order valence-electron chi connectivity index (χ0n) is 16.5. The monoisotopic (exact) mass is 340 g/mol. The van der Waals surface area contributed by atoms with Crippen LogP contribution < -0.4 is 4.74 Å². The lowest BCUT2D eigenvalue weighted by molar-refractivity contribution is -0.0786. The van der Waals surface area contributed by atoms with Gasteiger partial charge in [-0.2, -0.15) is 0 Å². The van der Waals surface area contributed by atoms with Gasteiger partial charge in [0.25, 0.3) is 0 Å². The molecule has 0 aliphatic heterocycles. The van der Waals surface area contributed by atoms with E-state index in [1.54, 1.807) is 0 Å². The minimum atomic E-state index is -0.374. The molecule has 2 unspecified atom stereocenters. The van der Waals surface area contributed by atoms with Gasteiger partial charge in [-0.3, -0.25) is 0 Å². The Morgan fingerprint density at radius 1 is 0.840 bits per heavy atom. The van der Waals surface area contributed by atoms with Crippen molar-refractivity contribution in [3.05, 3.63) is 65.7 Å². The van der Waals surface area contributed by atoms with Gasteiger partial charge in [0.1, 0.15) is 5.75 Å². The van der Waals surface area contributed by atoms with E-state index in [0.29, 0.717) is 18.4 Å². The predicted octanol–water partition coefficient (Wildman–Crippen LogP) is 6.59. The Morgan fingerprint density at radius 2 is 1.44 bits per heavy atom. The van der Waals surface area contributed by atoms with Crippen molar-refractivity contribution in [1.82, 2.24) is 0 Å². The van der Waals surface area contributed by atoms with Crippen LogP contribution in [0.3, 0.4) is 0 Å². The first-order valence-electron chi connectivity index (χ1n) is 9.26. The highest BCUT2D eigenvalue weighted by Gasteiger charge is 2.28. The third-order valence-electron chi connectivity index (χ3n) is 4.47. The van der Waals surface area contributed by atoms with Gasteiger partial charge in [-0.1, -0.05) is 77.1 Å². The Morgan fingerprint density at radius 3 is 1.92 bits per heavy atom. The van der Waals surface area contributed by atoms with Crippen LogP contribution in [0.2, 0.25) is 0 Å². The molecule has 136 valence electrons. The van der Waals surface area contributed by atoms with Gasteiger partial charge in [0.2, 0.25) is 6.29 Å². The van der Waals surface area contributed by atoms with Crippen molar-refractivity contribution in [2.75, 3.05) is 6.61 Å². The van der Waals surface area contributed by atoms with Crippen molar-refractivity contribution in [1.29, 1.82) is 0 Å². The molecule has 0 heterocycles. The van der Waals surface area contributed by atoms with Gasteiger partial charge >= 0.3 is 0 Å². The van der Waals surface area contributed by atoms with Crippen LogP contribution in [0.1, 0.15) is 64.9 Å². The summed E-state index contributed by atoms with van der Waals surface area (Å²) >= 11 is 0. The number of rotatable bonds is 7. The zero-order valence-corrected chi connectivity index (χ0v) is 16.5. The summed E-state index contributed by atoms with van der Waals surface area (Å²) in [4.78, 5) is 0. The molecular formula is C23H32O2. The third-order valence-corrected chi connectivity index (χ3v) is 4.47. The highest BCUT2D eigenvalue weighted by molar-refractivity contribution is 5.31. The highest BCUT2D eigenvalue weighted by Crippen LogP contribution is 2.41. The van der Waals surface area contributed by atoms with Gasteiger partial charge in [-0.15, -0.1) is 0 Å². The van der Waals surface area contributed by atoms with Crippen LogP contribution in [0, 0.1) is 11.3 Å². The van der Waals surface area contributed by atoms with Crippen LogP contribution >= 0.6 is 0 Å². The molecule has 2 aromatic rings. The van der Waals surface area contributed by atoms with Crippen molar-refractivity contribution in [2.45, 2.75) is 53.8 Å². The van der Waals surface area contributed by atoms with Crippen molar-refractivity contribution in [3.8, 4) is 5.75 Å². The van der Waals surface area contributed by atoms with E-state index in [1.807, 2.05) is 37.3 Å². The van der Waals surface area contributed by atoms with Crippen molar-refractivity contribution in [3.63, 3.8) is 0 Å². The van der Waals surface area contributed by atoms with E-state index in [1.165, 1.54) is 5.56 Å². The maximum atomic E-state index is 6.10. The molecule has 0 N–H and O–H groups in total. The van der Waals surface area contributed by atoms with Crippen LogP contribution in [-0.2, 0) is 4.74 Å². The summed E-state index contributed by atoms with van der Waals surface area (Å²) in [5, 5.41) is 0. The van der Waals surface area contributed by atoms with Gasteiger partial charge in [-0.05, 0) is 41.9 Å². The molecule has 0 aliphatic carbocycles. The lowest BCUT2D eigenvalue weighted by Crippen LogP contribution is -2.23. The predicted molar refractivity (Wildman–Crippen MR) is 105 cm³/mol. The Labute approximate surface area is 153 Å². The van der Waals surface area contributed by atoms with Crippen LogP contribution in [0.4, 0.5) is 0 Å². The third kappa shape index (κ3) is 5.34. The molecule has 25 heavy (non-hydrogen) atoms. The first kappa shape index (κ1) is 19.5.